The highest BCUT2D eigenvalue weighted by atomic mass is 127. The normalized spacial score (nSPS) is 18.2. The minimum absolute atomic E-state index is 0.404. The van der Waals surface area contributed by atoms with Crippen LogP contribution in [0.4, 0.5) is 5.69 Å². The first-order valence-electron chi connectivity index (χ1n) is 6.13. The van der Waals surface area contributed by atoms with Crippen LogP contribution in [-0.4, -0.2) is 0 Å². The van der Waals surface area contributed by atoms with E-state index < -0.39 is 0 Å². The molecule has 1 aliphatic rings. The number of anilines is 1. The van der Waals surface area contributed by atoms with Crippen molar-refractivity contribution in [3.8, 4) is 0 Å². The Morgan fingerprint density at radius 2 is 2.11 bits per heavy atom. The van der Waals surface area contributed by atoms with E-state index in [-0.39, 0.29) is 0 Å². The van der Waals surface area contributed by atoms with Gasteiger partial charge in [-0.15, -0.1) is 11.3 Å². The summed E-state index contributed by atoms with van der Waals surface area (Å²) in [5.74, 6) is 0. The minimum Gasteiger partial charge on any atom is -0.377 e. The van der Waals surface area contributed by atoms with Crippen LogP contribution in [0.5, 0.6) is 0 Å². The number of rotatable bonds is 2. The summed E-state index contributed by atoms with van der Waals surface area (Å²) in [7, 11) is 0. The highest BCUT2D eigenvalue weighted by Crippen LogP contribution is 2.39. The van der Waals surface area contributed by atoms with E-state index >= 15 is 0 Å². The lowest BCUT2D eigenvalue weighted by Crippen LogP contribution is -2.15. The third-order valence-corrected chi connectivity index (χ3v) is 6.30. The first-order valence-corrected chi connectivity index (χ1v) is 9.48. The van der Waals surface area contributed by atoms with Crippen molar-refractivity contribution in [3.63, 3.8) is 0 Å². The van der Waals surface area contributed by atoms with Gasteiger partial charge in [0.15, 0.2) is 0 Å². The molecule has 0 spiro atoms. The van der Waals surface area contributed by atoms with E-state index in [2.05, 4.69) is 68.7 Å². The second-order valence-electron chi connectivity index (χ2n) is 4.64. The lowest BCUT2D eigenvalue weighted by atomic mass is 9.94. The van der Waals surface area contributed by atoms with Gasteiger partial charge in [-0.05, 0) is 94.3 Å². The van der Waals surface area contributed by atoms with Gasteiger partial charge in [0.1, 0.15) is 0 Å². The van der Waals surface area contributed by atoms with E-state index in [1.54, 1.807) is 0 Å². The van der Waals surface area contributed by atoms with E-state index in [9.17, 15) is 0 Å². The molecule has 0 fully saturated rings. The number of benzene rings is 1. The van der Waals surface area contributed by atoms with Crippen LogP contribution in [0.25, 0.3) is 0 Å². The number of aryl methyl sites for hydroxylation is 1. The van der Waals surface area contributed by atoms with Gasteiger partial charge in [0, 0.05) is 8.45 Å². The number of thiophene rings is 1. The molecule has 1 unspecified atom stereocenters. The SMILES string of the molecule is Clc1cc(I)ccc1NC1CCCc2sc(I)cc21. The van der Waals surface area contributed by atoms with Crippen LogP contribution in [0.1, 0.15) is 29.3 Å². The van der Waals surface area contributed by atoms with Crippen molar-refractivity contribution < 1.29 is 0 Å². The largest absolute Gasteiger partial charge is 0.377 e. The molecule has 19 heavy (non-hydrogen) atoms. The number of halogens is 3. The second kappa shape index (κ2) is 6.07. The Hall–Kier alpha value is 0.470. The average Bonchev–Trinajstić information content (AvgIpc) is 2.74. The maximum absolute atomic E-state index is 6.31. The number of fused-ring (bicyclic) bond motifs is 1. The van der Waals surface area contributed by atoms with Crippen LogP contribution in [0.2, 0.25) is 5.02 Å². The third kappa shape index (κ3) is 3.22. The molecule has 1 aliphatic carbocycles. The Bertz CT molecular complexity index is 611. The molecular formula is C14H12ClI2NS. The number of nitrogens with one attached hydrogen (secondary N) is 1. The van der Waals surface area contributed by atoms with Crippen LogP contribution >= 0.6 is 68.1 Å². The molecule has 1 aromatic carbocycles. The van der Waals surface area contributed by atoms with Crippen LogP contribution in [0.3, 0.4) is 0 Å². The summed E-state index contributed by atoms with van der Waals surface area (Å²) in [5, 5.41) is 4.42. The highest BCUT2D eigenvalue weighted by Gasteiger charge is 2.23. The standard InChI is InChI=1S/C14H12ClI2NS/c15-10-6-8(16)4-5-12(10)18-11-2-1-3-13-9(11)7-14(17)19-13/h4-7,11,18H,1-3H2. The molecular weight excluding hydrogens is 503 g/mol. The maximum atomic E-state index is 6.31. The summed E-state index contributed by atoms with van der Waals surface area (Å²) in [5.41, 5.74) is 2.51. The molecule has 1 nitrogen and oxygen atoms in total. The van der Waals surface area contributed by atoms with Crippen molar-refractivity contribution in [1.82, 2.24) is 0 Å². The fourth-order valence-electron chi connectivity index (χ4n) is 2.47. The molecule has 100 valence electrons. The average molecular weight is 516 g/mol. The van der Waals surface area contributed by atoms with Crippen LogP contribution in [-0.2, 0) is 6.42 Å². The molecule has 1 aromatic heterocycles. The lowest BCUT2D eigenvalue weighted by molar-refractivity contribution is 0.609. The first-order chi connectivity index (χ1) is 9.13. The quantitative estimate of drug-likeness (QED) is 0.477. The zero-order valence-corrected chi connectivity index (χ0v) is 15.9. The van der Waals surface area contributed by atoms with Gasteiger partial charge in [0.05, 0.1) is 19.6 Å². The van der Waals surface area contributed by atoms with Gasteiger partial charge >= 0.3 is 0 Å². The zero-order chi connectivity index (χ0) is 13.4. The minimum atomic E-state index is 0.404. The topological polar surface area (TPSA) is 12.0 Å². The fourth-order valence-corrected chi connectivity index (χ4v) is 5.50. The Labute approximate surface area is 149 Å². The fraction of sp³-hybridized carbons (Fsp3) is 0.286. The van der Waals surface area contributed by atoms with Gasteiger partial charge in [-0.3, -0.25) is 0 Å². The molecule has 0 saturated carbocycles. The summed E-state index contributed by atoms with van der Waals surface area (Å²) >= 11 is 12.9. The van der Waals surface area contributed by atoms with Crippen molar-refractivity contribution >= 4 is 73.8 Å². The van der Waals surface area contributed by atoms with E-state index in [0.717, 1.165) is 10.7 Å². The summed E-state index contributed by atoms with van der Waals surface area (Å²) in [6.07, 6.45) is 3.66. The van der Waals surface area contributed by atoms with E-state index in [0.29, 0.717) is 6.04 Å². The van der Waals surface area contributed by atoms with Crippen molar-refractivity contribution in [2.75, 3.05) is 5.32 Å². The lowest BCUT2D eigenvalue weighted by Gasteiger charge is -2.25. The van der Waals surface area contributed by atoms with Crippen molar-refractivity contribution in [2.45, 2.75) is 25.3 Å². The predicted molar refractivity (Wildman–Crippen MR) is 101 cm³/mol. The van der Waals surface area contributed by atoms with Gasteiger partial charge in [0.2, 0.25) is 0 Å². The molecule has 2 aromatic rings. The highest BCUT2D eigenvalue weighted by molar-refractivity contribution is 14.1. The molecule has 0 amide bonds. The second-order valence-corrected chi connectivity index (χ2v) is 9.33. The van der Waals surface area contributed by atoms with Gasteiger partial charge in [0.25, 0.3) is 0 Å². The van der Waals surface area contributed by atoms with Crippen molar-refractivity contribution in [1.29, 1.82) is 0 Å². The third-order valence-electron chi connectivity index (χ3n) is 3.34. The number of hydrogen-bond acceptors (Lipinski definition) is 2. The molecule has 0 saturated heterocycles. The Kier molecular flexibility index (Phi) is 4.60. The van der Waals surface area contributed by atoms with Gasteiger partial charge < -0.3 is 5.32 Å². The molecule has 1 N–H and O–H groups in total. The molecule has 5 heteroatoms. The Morgan fingerprint density at radius 3 is 2.89 bits per heavy atom. The predicted octanol–water partition coefficient (Wildman–Crippen LogP) is 6.10. The monoisotopic (exact) mass is 515 g/mol. The summed E-state index contributed by atoms with van der Waals surface area (Å²) < 4.78 is 2.55. The Morgan fingerprint density at radius 1 is 1.26 bits per heavy atom. The summed E-state index contributed by atoms with van der Waals surface area (Å²) in [4.78, 5) is 1.54. The maximum Gasteiger partial charge on any atom is 0.0660 e. The summed E-state index contributed by atoms with van der Waals surface area (Å²) in [6.45, 7) is 0. The van der Waals surface area contributed by atoms with Crippen LogP contribution in [0.15, 0.2) is 24.3 Å². The molecule has 0 radical (unpaired) electrons. The molecule has 0 aliphatic heterocycles. The van der Waals surface area contributed by atoms with E-state index in [1.165, 1.54) is 36.2 Å². The van der Waals surface area contributed by atoms with Crippen molar-refractivity contribution in [2.24, 2.45) is 0 Å². The van der Waals surface area contributed by atoms with E-state index in [4.69, 9.17) is 11.6 Å². The van der Waals surface area contributed by atoms with Gasteiger partial charge in [-0.2, -0.15) is 0 Å². The van der Waals surface area contributed by atoms with Gasteiger partial charge in [-0.1, -0.05) is 11.6 Å². The first kappa shape index (κ1) is 14.4. The molecule has 3 rings (SSSR count). The molecule has 1 heterocycles. The van der Waals surface area contributed by atoms with Crippen molar-refractivity contribution in [3.05, 3.63) is 46.2 Å². The smallest absolute Gasteiger partial charge is 0.0660 e. The van der Waals surface area contributed by atoms with Crippen LogP contribution in [0, 0.1) is 6.45 Å². The number of hydrogen-bond donors (Lipinski definition) is 1. The Balaban J connectivity index is 1.88. The van der Waals surface area contributed by atoms with Gasteiger partial charge in [-0.25, -0.2) is 0 Å². The van der Waals surface area contributed by atoms with E-state index in [1.807, 2.05) is 17.4 Å². The molecule has 0 bridgehead atoms. The summed E-state index contributed by atoms with van der Waals surface area (Å²) in [6, 6.07) is 8.90. The van der Waals surface area contributed by atoms with Crippen LogP contribution < -0.4 is 5.32 Å². The molecule has 1 atom stereocenters. The zero-order valence-electron chi connectivity index (χ0n) is 10.1.